The van der Waals surface area contributed by atoms with Gasteiger partial charge in [0.1, 0.15) is 17.5 Å². The van der Waals surface area contributed by atoms with Gasteiger partial charge in [-0.2, -0.15) is 4.98 Å². The molecule has 0 fully saturated rings. The lowest BCUT2D eigenvalue weighted by atomic mass is 9.95. The second-order valence-electron chi connectivity index (χ2n) is 8.52. The highest BCUT2D eigenvalue weighted by Gasteiger charge is 2.36. The van der Waals surface area contributed by atoms with Crippen molar-refractivity contribution in [2.75, 3.05) is 24.4 Å². The van der Waals surface area contributed by atoms with Crippen LogP contribution in [0.15, 0.2) is 78.0 Å². The first kappa shape index (κ1) is 25.6. The lowest BCUT2D eigenvalue weighted by molar-refractivity contribution is -0.113. The Hall–Kier alpha value is -4.01. The number of fused-ring (bicyclic) bond motifs is 1. The second kappa shape index (κ2) is 10.8. The summed E-state index contributed by atoms with van der Waals surface area (Å²) in [6, 6.07) is 19.4. The molecule has 1 amide bonds. The normalized spacial score (nSPS) is 14.5. The maximum Gasteiger partial charge on any atom is 0.255 e. The highest BCUT2D eigenvalue weighted by molar-refractivity contribution is 6.42. The van der Waals surface area contributed by atoms with Crippen molar-refractivity contribution in [3.8, 4) is 22.9 Å². The lowest BCUT2D eigenvalue weighted by Crippen LogP contribution is -2.31. The van der Waals surface area contributed by atoms with Gasteiger partial charge in [-0.15, -0.1) is 5.10 Å². The molecule has 1 aliphatic heterocycles. The highest BCUT2D eigenvalue weighted by atomic mass is 35.5. The fraction of sp³-hybridized carbons (Fsp3) is 0.179. The Morgan fingerprint density at radius 3 is 2.58 bits per heavy atom. The van der Waals surface area contributed by atoms with Crippen LogP contribution < -0.4 is 20.1 Å². The van der Waals surface area contributed by atoms with E-state index >= 15 is 0 Å². The van der Waals surface area contributed by atoms with E-state index in [1.807, 2.05) is 56.3 Å². The number of carbonyl (C=O) groups is 1. The van der Waals surface area contributed by atoms with Gasteiger partial charge in [-0.3, -0.25) is 4.79 Å². The number of aromatic nitrogens is 3. The predicted molar refractivity (Wildman–Crippen MR) is 149 cm³/mol. The fourth-order valence-corrected chi connectivity index (χ4v) is 4.80. The number of carbonyl (C=O) groups excluding carboxylic acids is 1. The number of benzene rings is 3. The SMILES string of the molecule is CCOc1ccc(-c2nc3n(n2)C(c2cccc(Cl)c2Cl)C(C(=O)Nc2ccccc2OC)=C(C)N3)cc1. The number of methoxy groups -OCH3 is 1. The summed E-state index contributed by atoms with van der Waals surface area (Å²) in [4.78, 5) is 18.5. The molecule has 194 valence electrons. The van der Waals surface area contributed by atoms with Gasteiger partial charge < -0.3 is 20.1 Å². The largest absolute Gasteiger partial charge is 0.495 e. The summed E-state index contributed by atoms with van der Waals surface area (Å²) >= 11 is 13.1. The minimum atomic E-state index is -0.698. The van der Waals surface area contributed by atoms with Crippen LogP contribution in [0.1, 0.15) is 25.5 Å². The molecular formula is C28H25Cl2N5O3. The molecule has 2 heterocycles. The molecule has 4 aromatic rings. The van der Waals surface area contributed by atoms with Crippen LogP contribution in [0.4, 0.5) is 11.6 Å². The van der Waals surface area contributed by atoms with Crippen molar-refractivity contribution in [3.05, 3.63) is 93.6 Å². The van der Waals surface area contributed by atoms with E-state index in [0.29, 0.717) is 56.7 Å². The number of allylic oxidation sites excluding steroid dienone is 1. The smallest absolute Gasteiger partial charge is 0.255 e. The predicted octanol–water partition coefficient (Wildman–Crippen LogP) is 6.59. The number of nitrogens with zero attached hydrogens (tertiary/aromatic N) is 3. The zero-order valence-electron chi connectivity index (χ0n) is 21.0. The van der Waals surface area contributed by atoms with Crippen molar-refractivity contribution in [3.63, 3.8) is 0 Å². The first-order chi connectivity index (χ1) is 18.4. The minimum Gasteiger partial charge on any atom is -0.495 e. The second-order valence-corrected chi connectivity index (χ2v) is 9.31. The zero-order valence-corrected chi connectivity index (χ0v) is 22.5. The number of para-hydroxylation sites is 2. The first-order valence-corrected chi connectivity index (χ1v) is 12.7. The molecule has 1 aliphatic rings. The molecule has 1 aromatic heterocycles. The Morgan fingerprint density at radius 1 is 1.08 bits per heavy atom. The molecule has 10 heteroatoms. The van der Waals surface area contributed by atoms with Gasteiger partial charge in [0.25, 0.3) is 5.91 Å². The Bertz CT molecular complexity index is 1530. The van der Waals surface area contributed by atoms with E-state index in [1.165, 1.54) is 0 Å². The van der Waals surface area contributed by atoms with Crippen molar-refractivity contribution in [1.29, 1.82) is 0 Å². The topological polar surface area (TPSA) is 90.3 Å². The number of ether oxygens (including phenoxy) is 2. The monoisotopic (exact) mass is 549 g/mol. The average Bonchev–Trinajstić information content (AvgIpc) is 3.34. The van der Waals surface area contributed by atoms with Gasteiger partial charge >= 0.3 is 0 Å². The van der Waals surface area contributed by atoms with Gasteiger partial charge in [0, 0.05) is 16.8 Å². The molecule has 0 saturated carbocycles. The van der Waals surface area contributed by atoms with Crippen molar-refractivity contribution in [2.24, 2.45) is 0 Å². The van der Waals surface area contributed by atoms with Gasteiger partial charge in [-0.25, -0.2) is 4.68 Å². The van der Waals surface area contributed by atoms with Gasteiger partial charge in [0.05, 0.1) is 35.0 Å². The summed E-state index contributed by atoms with van der Waals surface area (Å²) in [5.41, 5.74) is 2.98. The quantitative estimate of drug-likeness (QED) is 0.270. The molecule has 1 unspecified atom stereocenters. The first-order valence-electron chi connectivity index (χ1n) is 12.0. The summed E-state index contributed by atoms with van der Waals surface area (Å²) in [6.07, 6.45) is 0. The summed E-state index contributed by atoms with van der Waals surface area (Å²) in [7, 11) is 1.55. The standard InChI is InChI=1S/C28H25Cl2N5O3/c1-4-38-18-14-12-17(13-15-18)26-33-28-31-16(2)23(27(36)32-21-10-5-6-11-22(21)37-3)25(35(28)34-26)19-8-7-9-20(29)24(19)30/h5-15,25H,4H2,1-3H3,(H,32,36)(H,31,33,34). The van der Waals surface area contributed by atoms with E-state index < -0.39 is 6.04 Å². The van der Waals surface area contributed by atoms with Crippen LogP contribution in [0.2, 0.25) is 10.0 Å². The average molecular weight is 550 g/mol. The van der Waals surface area contributed by atoms with E-state index in [1.54, 1.807) is 36.1 Å². The number of anilines is 2. The van der Waals surface area contributed by atoms with E-state index in [0.717, 1.165) is 11.3 Å². The van der Waals surface area contributed by atoms with Crippen LogP contribution in [0.25, 0.3) is 11.4 Å². The minimum absolute atomic E-state index is 0.334. The summed E-state index contributed by atoms with van der Waals surface area (Å²) in [6.45, 7) is 4.33. The van der Waals surface area contributed by atoms with Crippen LogP contribution in [0.5, 0.6) is 11.5 Å². The van der Waals surface area contributed by atoms with Crippen molar-refractivity contribution in [1.82, 2.24) is 14.8 Å². The van der Waals surface area contributed by atoms with E-state index in [-0.39, 0.29) is 5.91 Å². The number of hydrogen-bond donors (Lipinski definition) is 2. The summed E-state index contributed by atoms with van der Waals surface area (Å²) in [5, 5.41) is 11.7. The molecule has 0 spiro atoms. The van der Waals surface area contributed by atoms with Crippen molar-refractivity contribution >= 4 is 40.7 Å². The van der Waals surface area contributed by atoms with Gasteiger partial charge in [0.2, 0.25) is 5.95 Å². The maximum atomic E-state index is 13.8. The van der Waals surface area contributed by atoms with Gasteiger partial charge in [0.15, 0.2) is 5.82 Å². The molecule has 0 radical (unpaired) electrons. The van der Waals surface area contributed by atoms with Crippen LogP contribution >= 0.6 is 23.2 Å². The number of hydrogen-bond acceptors (Lipinski definition) is 6. The highest BCUT2D eigenvalue weighted by Crippen LogP contribution is 2.41. The third-order valence-electron chi connectivity index (χ3n) is 6.15. The van der Waals surface area contributed by atoms with Crippen molar-refractivity contribution < 1.29 is 14.3 Å². The van der Waals surface area contributed by atoms with E-state index in [2.05, 4.69) is 10.6 Å². The van der Waals surface area contributed by atoms with Crippen LogP contribution in [-0.4, -0.2) is 34.4 Å². The molecular weight excluding hydrogens is 525 g/mol. The molecule has 8 nitrogen and oxygen atoms in total. The van der Waals surface area contributed by atoms with Crippen LogP contribution in [0, 0.1) is 0 Å². The molecule has 0 aliphatic carbocycles. The van der Waals surface area contributed by atoms with Gasteiger partial charge in [-0.05, 0) is 56.3 Å². The third kappa shape index (κ3) is 4.80. The van der Waals surface area contributed by atoms with E-state index in [9.17, 15) is 4.79 Å². The fourth-order valence-electron chi connectivity index (χ4n) is 4.39. The van der Waals surface area contributed by atoms with Crippen LogP contribution in [-0.2, 0) is 4.79 Å². The molecule has 3 aromatic carbocycles. The Labute approximate surface area is 230 Å². The van der Waals surface area contributed by atoms with Crippen LogP contribution in [0.3, 0.4) is 0 Å². The lowest BCUT2D eigenvalue weighted by Gasteiger charge is -2.29. The Balaban J connectivity index is 1.60. The number of nitrogens with one attached hydrogen (secondary N) is 2. The molecule has 0 saturated heterocycles. The molecule has 0 bridgehead atoms. The number of rotatable bonds is 7. The molecule has 38 heavy (non-hydrogen) atoms. The van der Waals surface area contributed by atoms with Gasteiger partial charge in [-0.1, -0.05) is 47.5 Å². The van der Waals surface area contributed by atoms with E-state index in [4.69, 9.17) is 42.8 Å². The third-order valence-corrected chi connectivity index (χ3v) is 6.99. The Kier molecular flexibility index (Phi) is 7.26. The van der Waals surface area contributed by atoms with Crippen molar-refractivity contribution in [2.45, 2.75) is 19.9 Å². The summed E-state index contributed by atoms with van der Waals surface area (Å²) in [5.74, 6) is 1.91. The number of halogens is 2. The zero-order chi connectivity index (χ0) is 26.8. The molecule has 5 rings (SSSR count). The Morgan fingerprint density at radius 2 is 1.84 bits per heavy atom. The molecule has 2 N–H and O–H groups in total. The molecule has 1 atom stereocenters. The maximum absolute atomic E-state index is 13.8. The number of amides is 1. The summed E-state index contributed by atoms with van der Waals surface area (Å²) < 4.78 is 12.6.